The minimum Gasteiger partial charge on any atom is -0.507 e. The van der Waals surface area contributed by atoms with Gasteiger partial charge in [-0.1, -0.05) is 0 Å². The number of carbonyl (C=O) groups excluding carboxylic acids is 1. The van der Waals surface area contributed by atoms with Crippen LogP contribution in [0.15, 0.2) is 10.5 Å². The van der Waals surface area contributed by atoms with E-state index >= 15 is 0 Å². The Labute approximate surface area is 108 Å². The smallest absolute Gasteiger partial charge is 0.175 e. The van der Waals surface area contributed by atoms with Crippen molar-refractivity contribution < 1.29 is 19.4 Å². The highest BCUT2D eigenvalue weighted by molar-refractivity contribution is 9.10. The van der Waals surface area contributed by atoms with Gasteiger partial charge in [0.2, 0.25) is 0 Å². The molecule has 0 atom stereocenters. The van der Waals surface area contributed by atoms with Crippen LogP contribution in [0.25, 0.3) is 0 Å². The second-order valence-corrected chi connectivity index (χ2v) is 4.08. The summed E-state index contributed by atoms with van der Waals surface area (Å²) >= 11 is 3.23. The zero-order chi connectivity index (χ0) is 13.0. The van der Waals surface area contributed by atoms with Crippen molar-refractivity contribution in [2.45, 2.75) is 6.42 Å². The number of ether oxygens (including phenoxy) is 2. The van der Waals surface area contributed by atoms with Gasteiger partial charge in [-0.15, -0.1) is 0 Å². The van der Waals surface area contributed by atoms with Gasteiger partial charge < -0.3 is 20.3 Å². The van der Waals surface area contributed by atoms with Crippen molar-refractivity contribution >= 4 is 21.7 Å². The molecule has 0 fully saturated rings. The van der Waals surface area contributed by atoms with E-state index in [4.69, 9.17) is 15.2 Å². The third-order valence-corrected chi connectivity index (χ3v) is 3.00. The predicted molar refractivity (Wildman–Crippen MR) is 66.9 cm³/mol. The molecule has 17 heavy (non-hydrogen) atoms. The summed E-state index contributed by atoms with van der Waals surface area (Å²) in [4.78, 5) is 11.8. The van der Waals surface area contributed by atoms with Gasteiger partial charge in [0, 0.05) is 12.5 Å². The number of hydrogen-bond acceptors (Lipinski definition) is 5. The standard InChI is InChI=1S/C11H14BrNO4/c1-16-8-5-7(15)9(6(14)3-4-13)10(12)11(8)17-2/h5,15H,3-4,13H2,1-2H3. The van der Waals surface area contributed by atoms with Crippen molar-refractivity contribution in [1.29, 1.82) is 0 Å². The average molecular weight is 304 g/mol. The number of methoxy groups -OCH3 is 2. The van der Waals surface area contributed by atoms with Crippen molar-refractivity contribution in [2.24, 2.45) is 5.73 Å². The molecule has 0 heterocycles. The van der Waals surface area contributed by atoms with Crippen LogP contribution in [0.5, 0.6) is 17.2 Å². The van der Waals surface area contributed by atoms with Crippen LogP contribution < -0.4 is 15.2 Å². The van der Waals surface area contributed by atoms with Crippen molar-refractivity contribution in [3.05, 3.63) is 16.1 Å². The second kappa shape index (κ2) is 5.88. The van der Waals surface area contributed by atoms with Gasteiger partial charge in [0.05, 0.1) is 24.3 Å². The number of aromatic hydroxyl groups is 1. The van der Waals surface area contributed by atoms with Crippen LogP contribution in [-0.2, 0) is 0 Å². The maximum absolute atomic E-state index is 11.8. The molecule has 1 aromatic rings. The van der Waals surface area contributed by atoms with E-state index in [0.717, 1.165) is 0 Å². The van der Waals surface area contributed by atoms with Gasteiger partial charge in [-0.2, -0.15) is 0 Å². The third-order valence-electron chi connectivity index (χ3n) is 2.24. The number of halogens is 1. The van der Waals surface area contributed by atoms with E-state index in [1.807, 2.05) is 0 Å². The Balaban J connectivity index is 3.36. The molecule has 0 amide bonds. The largest absolute Gasteiger partial charge is 0.507 e. The Morgan fingerprint density at radius 2 is 2.12 bits per heavy atom. The van der Waals surface area contributed by atoms with Crippen molar-refractivity contribution in [1.82, 2.24) is 0 Å². The summed E-state index contributed by atoms with van der Waals surface area (Å²) in [6, 6.07) is 1.34. The lowest BCUT2D eigenvalue weighted by Gasteiger charge is -2.14. The van der Waals surface area contributed by atoms with Gasteiger partial charge in [-0.05, 0) is 22.5 Å². The summed E-state index contributed by atoms with van der Waals surface area (Å²) in [6.45, 7) is 0.221. The number of hydrogen-bond donors (Lipinski definition) is 2. The SMILES string of the molecule is COc1cc(O)c(C(=O)CCN)c(Br)c1OC. The van der Waals surface area contributed by atoms with Crippen LogP contribution in [0.2, 0.25) is 0 Å². The normalized spacial score (nSPS) is 10.1. The third kappa shape index (κ3) is 2.70. The summed E-state index contributed by atoms with van der Waals surface area (Å²) in [7, 11) is 2.90. The van der Waals surface area contributed by atoms with Gasteiger partial charge in [-0.3, -0.25) is 4.79 Å². The number of Topliss-reactive ketones (excluding diaryl/α,β-unsaturated/α-hetero) is 1. The molecular formula is C11H14BrNO4. The van der Waals surface area contributed by atoms with Crippen LogP contribution in [0, 0.1) is 0 Å². The quantitative estimate of drug-likeness (QED) is 0.809. The summed E-state index contributed by atoms with van der Waals surface area (Å²) in [5.41, 5.74) is 5.48. The summed E-state index contributed by atoms with van der Waals surface area (Å²) in [5, 5.41) is 9.79. The van der Waals surface area contributed by atoms with E-state index in [2.05, 4.69) is 15.9 Å². The van der Waals surface area contributed by atoms with Crippen LogP contribution in [-0.4, -0.2) is 31.7 Å². The monoisotopic (exact) mass is 303 g/mol. The molecule has 0 bridgehead atoms. The lowest BCUT2D eigenvalue weighted by Crippen LogP contribution is -2.09. The van der Waals surface area contributed by atoms with E-state index in [1.165, 1.54) is 20.3 Å². The molecule has 0 aliphatic heterocycles. The first kappa shape index (κ1) is 13.8. The fraction of sp³-hybridized carbons (Fsp3) is 0.364. The summed E-state index contributed by atoms with van der Waals surface area (Å²) < 4.78 is 10.5. The Hall–Kier alpha value is -1.27. The molecule has 0 saturated heterocycles. The summed E-state index contributed by atoms with van der Waals surface area (Å²) in [6.07, 6.45) is 0.154. The molecule has 1 rings (SSSR count). The fourth-order valence-corrected chi connectivity index (χ4v) is 2.24. The lowest BCUT2D eigenvalue weighted by molar-refractivity contribution is 0.0981. The van der Waals surface area contributed by atoms with Gasteiger partial charge in [-0.25, -0.2) is 0 Å². The fourth-order valence-electron chi connectivity index (χ4n) is 1.46. The Bertz CT molecular complexity index is 434. The first-order chi connectivity index (χ1) is 8.06. The molecule has 94 valence electrons. The van der Waals surface area contributed by atoms with Crippen LogP contribution >= 0.6 is 15.9 Å². The molecule has 0 aliphatic carbocycles. The van der Waals surface area contributed by atoms with Gasteiger partial charge in [0.15, 0.2) is 17.3 Å². The minimum atomic E-state index is -0.252. The highest BCUT2D eigenvalue weighted by Crippen LogP contribution is 2.42. The molecule has 0 aliphatic rings. The zero-order valence-electron chi connectivity index (χ0n) is 9.62. The first-order valence-electron chi connectivity index (χ1n) is 4.93. The molecule has 5 nitrogen and oxygen atoms in total. The number of phenols is 1. The summed E-state index contributed by atoms with van der Waals surface area (Å²) in [5.74, 6) is 0.303. The maximum atomic E-state index is 11.8. The molecule has 3 N–H and O–H groups in total. The molecule has 0 spiro atoms. The highest BCUT2D eigenvalue weighted by atomic mass is 79.9. The number of nitrogens with two attached hydrogens (primary N) is 1. The van der Waals surface area contributed by atoms with E-state index in [1.54, 1.807) is 0 Å². The molecule has 0 unspecified atom stereocenters. The number of carbonyl (C=O) groups is 1. The lowest BCUT2D eigenvalue weighted by atomic mass is 10.1. The topological polar surface area (TPSA) is 81.8 Å². The molecule has 0 aromatic heterocycles. The predicted octanol–water partition coefficient (Wildman–Crippen LogP) is 1.70. The zero-order valence-corrected chi connectivity index (χ0v) is 11.2. The van der Waals surface area contributed by atoms with Crippen molar-refractivity contribution in [3.8, 4) is 17.2 Å². The molecule has 0 saturated carbocycles. The Morgan fingerprint density at radius 3 is 2.59 bits per heavy atom. The van der Waals surface area contributed by atoms with Crippen molar-refractivity contribution in [2.75, 3.05) is 20.8 Å². The maximum Gasteiger partial charge on any atom is 0.175 e. The van der Waals surface area contributed by atoms with Gasteiger partial charge >= 0.3 is 0 Å². The van der Waals surface area contributed by atoms with Gasteiger partial charge in [0.25, 0.3) is 0 Å². The number of phenolic OH excluding ortho intramolecular Hbond substituents is 1. The molecule has 1 aromatic carbocycles. The first-order valence-corrected chi connectivity index (χ1v) is 5.72. The van der Waals surface area contributed by atoms with E-state index in [0.29, 0.717) is 16.0 Å². The minimum absolute atomic E-state index is 0.154. The molecule has 6 heteroatoms. The Morgan fingerprint density at radius 1 is 1.47 bits per heavy atom. The van der Waals surface area contributed by atoms with E-state index in [9.17, 15) is 9.90 Å². The highest BCUT2D eigenvalue weighted by Gasteiger charge is 2.22. The molecular weight excluding hydrogens is 290 g/mol. The van der Waals surface area contributed by atoms with Crippen molar-refractivity contribution in [3.63, 3.8) is 0 Å². The average Bonchev–Trinajstić information content (AvgIpc) is 2.28. The number of benzene rings is 1. The second-order valence-electron chi connectivity index (χ2n) is 3.28. The van der Waals surface area contributed by atoms with Crippen LogP contribution in [0.1, 0.15) is 16.8 Å². The van der Waals surface area contributed by atoms with E-state index in [-0.39, 0.29) is 30.1 Å². The Kier molecular flexibility index (Phi) is 4.77. The van der Waals surface area contributed by atoms with Crippen LogP contribution in [0.4, 0.5) is 0 Å². The molecule has 0 radical (unpaired) electrons. The number of rotatable bonds is 5. The van der Waals surface area contributed by atoms with Crippen LogP contribution in [0.3, 0.4) is 0 Å². The number of ketones is 1. The van der Waals surface area contributed by atoms with Gasteiger partial charge in [0.1, 0.15) is 5.75 Å². The van der Waals surface area contributed by atoms with E-state index < -0.39 is 0 Å².